The third kappa shape index (κ3) is 2.37. The zero-order chi connectivity index (χ0) is 13.3. The normalized spacial score (nSPS) is 12.5. The van der Waals surface area contributed by atoms with Gasteiger partial charge >= 0.3 is 0 Å². The number of halogens is 1. The van der Waals surface area contributed by atoms with Gasteiger partial charge in [0.2, 0.25) is 0 Å². The average molecular weight is 266 g/mol. The molecule has 3 nitrogen and oxygen atoms in total. The first-order chi connectivity index (χ1) is 8.52. The van der Waals surface area contributed by atoms with Crippen molar-refractivity contribution in [2.45, 2.75) is 19.9 Å². The van der Waals surface area contributed by atoms with Crippen LogP contribution in [0.5, 0.6) is 5.75 Å². The SMILES string of the molecule is COc1ccc(-c2nc(C)c(C(C)N)s2)cc1F. The Morgan fingerprint density at radius 1 is 1.44 bits per heavy atom. The molecule has 5 heteroatoms. The number of aromatic nitrogens is 1. The Balaban J connectivity index is 2.43. The number of hydrogen-bond acceptors (Lipinski definition) is 4. The van der Waals surface area contributed by atoms with Crippen LogP contribution in [0.25, 0.3) is 10.6 Å². The number of nitrogens with zero attached hydrogens (tertiary/aromatic N) is 1. The van der Waals surface area contributed by atoms with E-state index in [0.717, 1.165) is 21.1 Å². The topological polar surface area (TPSA) is 48.1 Å². The van der Waals surface area contributed by atoms with Gasteiger partial charge in [-0.25, -0.2) is 9.37 Å². The van der Waals surface area contributed by atoms with Gasteiger partial charge in [-0.2, -0.15) is 0 Å². The molecule has 0 saturated heterocycles. The van der Waals surface area contributed by atoms with Crippen molar-refractivity contribution >= 4 is 11.3 Å². The summed E-state index contributed by atoms with van der Waals surface area (Å²) in [6, 6.07) is 4.78. The van der Waals surface area contributed by atoms with Crippen molar-refractivity contribution in [1.29, 1.82) is 0 Å². The number of methoxy groups -OCH3 is 1. The summed E-state index contributed by atoms with van der Waals surface area (Å²) < 4.78 is 18.5. The number of aryl methyl sites for hydroxylation is 1. The molecule has 0 fully saturated rings. The van der Waals surface area contributed by atoms with E-state index >= 15 is 0 Å². The summed E-state index contributed by atoms with van der Waals surface area (Å²) in [5, 5.41) is 0.779. The van der Waals surface area contributed by atoms with Gasteiger partial charge in [0.15, 0.2) is 11.6 Å². The van der Waals surface area contributed by atoms with Crippen molar-refractivity contribution in [3.8, 4) is 16.3 Å². The van der Waals surface area contributed by atoms with Gasteiger partial charge in [-0.3, -0.25) is 0 Å². The number of benzene rings is 1. The Hall–Kier alpha value is -1.46. The second-order valence-corrected chi connectivity index (χ2v) is 5.14. The van der Waals surface area contributed by atoms with E-state index in [1.807, 2.05) is 13.8 Å². The zero-order valence-electron chi connectivity index (χ0n) is 10.5. The van der Waals surface area contributed by atoms with Gasteiger partial charge in [0.05, 0.1) is 12.8 Å². The average Bonchev–Trinajstić information content (AvgIpc) is 2.71. The fourth-order valence-corrected chi connectivity index (χ4v) is 2.77. The van der Waals surface area contributed by atoms with Crippen LogP contribution in [-0.2, 0) is 0 Å². The molecule has 0 spiro atoms. The van der Waals surface area contributed by atoms with E-state index in [4.69, 9.17) is 10.5 Å². The minimum absolute atomic E-state index is 0.0562. The largest absolute Gasteiger partial charge is 0.494 e. The molecule has 2 N–H and O–H groups in total. The Morgan fingerprint density at radius 3 is 2.67 bits per heavy atom. The van der Waals surface area contributed by atoms with Gasteiger partial charge in [-0.1, -0.05) is 0 Å². The van der Waals surface area contributed by atoms with Gasteiger partial charge in [0.25, 0.3) is 0 Å². The maximum Gasteiger partial charge on any atom is 0.165 e. The molecular formula is C13H15FN2OS. The first-order valence-corrected chi connectivity index (χ1v) is 6.41. The lowest BCUT2D eigenvalue weighted by Gasteiger charge is -2.03. The molecule has 0 radical (unpaired) electrons. The monoisotopic (exact) mass is 266 g/mol. The minimum Gasteiger partial charge on any atom is -0.494 e. The van der Waals surface area contributed by atoms with Crippen LogP contribution in [0.4, 0.5) is 4.39 Å². The minimum atomic E-state index is -0.384. The Bertz CT molecular complexity index is 566. The fourth-order valence-electron chi connectivity index (χ4n) is 1.75. The molecule has 1 aromatic heterocycles. The summed E-state index contributed by atoms with van der Waals surface area (Å²) in [5.41, 5.74) is 7.51. The van der Waals surface area contributed by atoms with Gasteiger partial charge in [0, 0.05) is 16.5 Å². The van der Waals surface area contributed by atoms with Crippen LogP contribution in [0.1, 0.15) is 23.5 Å². The molecule has 0 aliphatic carbocycles. The predicted octanol–water partition coefficient (Wildman–Crippen LogP) is 3.29. The summed E-state index contributed by atoms with van der Waals surface area (Å²) in [6.45, 7) is 3.83. The van der Waals surface area contributed by atoms with Crippen molar-refractivity contribution in [2.75, 3.05) is 7.11 Å². The van der Waals surface area contributed by atoms with Crippen LogP contribution < -0.4 is 10.5 Å². The van der Waals surface area contributed by atoms with E-state index < -0.39 is 0 Å². The first kappa shape index (κ1) is 13.0. The van der Waals surface area contributed by atoms with Crippen molar-refractivity contribution in [2.24, 2.45) is 5.73 Å². The zero-order valence-corrected chi connectivity index (χ0v) is 11.3. The number of rotatable bonds is 3. The van der Waals surface area contributed by atoms with E-state index in [1.165, 1.54) is 24.5 Å². The maximum absolute atomic E-state index is 13.6. The third-order valence-electron chi connectivity index (χ3n) is 2.64. The van der Waals surface area contributed by atoms with E-state index in [9.17, 15) is 4.39 Å². The predicted molar refractivity (Wildman–Crippen MR) is 71.4 cm³/mol. The van der Waals surface area contributed by atoms with Gasteiger partial charge in [-0.05, 0) is 32.0 Å². The summed E-state index contributed by atoms with van der Waals surface area (Å²) in [7, 11) is 1.44. The summed E-state index contributed by atoms with van der Waals surface area (Å²) in [4.78, 5) is 5.46. The van der Waals surface area contributed by atoms with Crippen molar-refractivity contribution in [3.63, 3.8) is 0 Å². The highest BCUT2D eigenvalue weighted by molar-refractivity contribution is 7.15. The van der Waals surface area contributed by atoms with Crippen molar-refractivity contribution in [3.05, 3.63) is 34.6 Å². The highest BCUT2D eigenvalue weighted by Crippen LogP contribution is 2.32. The van der Waals surface area contributed by atoms with Crippen molar-refractivity contribution in [1.82, 2.24) is 4.98 Å². The Kier molecular flexibility index (Phi) is 3.63. The molecule has 0 aliphatic rings. The second kappa shape index (κ2) is 5.04. The summed E-state index contributed by atoms with van der Waals surface area (Å²) in [6.07, 6.45) is 0. The molecule has 0 bridgehead atoms. The van der Waals surface area contributed by atoms with E-state index in [1.54, 1.807) is 12.1 Å². The lowest BCUT2D eigenvalue weighted by atomic mass is 10.2. The summed E-state index contributed by atoms with van der Waals surface area (Å²) in [5.74, 6) is -0.148. The molecule has 0 amide bonds. The van der Waals surface area contributed by atoms with Crippen LogP contribution >= 0.6 is 11.3 Å². The smallest absolute Gasteiger partial charge is 0.165 e. The van der Waals surface area contributed by atoms with Crippen LogP contribution in [0, 0.1) is 12.7 Å². The lowest BCUT2D eigenvalue weighted by molar-refractivity contribution is 0.386. The highest BCUT2D eigenvalue weighted by Gasteiger charge is 2.13. The highest BCUT2D eigenvalue weighted by atomic mass is 32.1. The van der Waals surface area contributed by atoms with Gasteiger partial charge < -0.3 is 10.5 Å². The molecule has 0 saturated carbocycles. The van der Waals surface area contributed by atoms with Crippen LogP contribution in [0.3, 0.4) is 0 Å². The number of hydrogen-bond donors (Lipinski definition) is 1. The number of thiazole rings is 1. The third-order valence-corrected chi connectivity index (χ3v) is 4.05. The fraction of sp³-hybridized carbons (Fsp3) is 0.308. The van der Waals surface area contributed by atoms with E-state index in [-0.39, 0.29) is 17.6 Å². The molecule has 1 aromatic carbocycles. The Labute approximate surface area is 109 Å². The van der Waals surface area contributed by atoms with E-state index in [2.05, 4.69) is 4.98 Å². The molecule has 0 aliphatic heterocycles. The van der Waals surface area contributed by atoms with Crippen LogP contribution in [0.15, 0.2) is 18.2 Å². The molecule has 18 heavy (non-hydrogen) atoms. The Morgan fingerprint density at radius 2 is 2.17 bits per heavy atom. The molecule has 2 rings (SSSR count). The van der Waals surface area contributed by atoms with Gasteiger partial charge in [0.1, 0.15) is 5.01 Å². The maximum atomic E-state index is 13.6. The number of nitrogens with two attached hydrogens (primary N) is 1. The van der Waals surface area contributed by atoms with Gasteiger partial charge in [-0.15, -0.1) is 11.3 Å². The van der Waals surface area contributed by atoms with Crippen molar-refractivity contribution < 1.29 is 9.13 Å². The molecule has 1 heterocycles. The summed E-state index contributed by atoms with van der Waals surface area (Å²) >= 11 is 1.50. The van der Waals surface area contributed by atoms with Crippen LogP contribution in [0.2, 0.25) is 0 Å². The molecule has 2 aromatic rings. The van der Waals surface area contributed by atoms with Crippen LogP contribution in [-0.4, -0.2) is 12.1 Å². The molecule has 1 atom stereocenters. The number of ether oxygens (including phenoxy) is 1. The molecular weight excluding hydrogens is 251 g/mol. The first-order valence-electron chi connectivity index (χ1n) is 5.59. The molecule has 96 valence electrons. The lowest BCUT2D eigenvalue weighted by Crippen LogP contribution is -2.03. The molecule has 1 unspecified atom stereocenters. The second-order valence-electron chi connectivity index (χ2n) is 4.11. The van der Waals surface area contributed by atoms with E-state index in [0.29, 0.717) is 0 Å². The standard InChI is InChI=1S/C13H15FN2OS/c1-7(15)12-8(2)16-13(18-12)9-4-5-11(17-3)10(14)6-9/h4-7H,15H2,1-3H3. The quantitative estimate of drug-likeness (QED) is 0.927.